The van der Waals surface area contributed by atoms with Crippen molar-refractivity contribution in [3.63, 3.8) is 0 Å². The first kappa shape index (κ1) is 13.6. The van der Waals surface area contributed by atoms with Gasteiger partial charge in [0.1, 0.15) is 11.8 Å². The summed E-state index contributed by atoms with van der Waals surface area (Å²) in [4.78, 5) is 33.5. The van der Waals surface area contributed by atoms with Crippen LogP contribution in [0, 0.1) is 10.1 Å². The molecule has 0 amide bonds. The van der Waals surface area contributed by atoms with Gasteiger partial charge in [0.15, 0.2) is 5.65 Å². The largest absolute Gasteiger partial charge is 0.432 e. The van der Waals surface area contributed by atoms with Gasteiger partial charge < -0.3 is 4.74 Å². The molecule has 0 bridgehead atoms. The molecule has 8 heteroatoms. The van der Waals surface area contributed by atoms with Gasteiger partial charge in [-0.05, 0) is 18.2 Å². The number of hydrogen-bond acceptors (Lipinski definition) is 7. The van der Waals surface area contributed by atoms with E-state index in [1.54, 1.807) is 6.07 Å². The van der Waals surface area contributed by atoms with E-state index in [1.807, 2.05) is 0 Å². The highest BCUT2D eigenvalue weighted by Gasteiger charge is 2.17. The zero-order valence-corrected chi connectivity index (χ0v) is 11.0. The second kappa shape index (κ2) is 5.52. The number of nitro groups is 1. The predicted molar refractivity (Wildman–Crippen MR) is 75.9 cm³/mol. The molecule has 108 valence electrons. The lowest BCUT2D eigenvalue weighted by molar-refractivity contribution is -0.385. The number of aldehydes is 1. The fourth-order valence-electron chi connectivity index (χ4n) is 1.84. The van der Waals surface area contributed by atoms with Crippen molar-refractivity contribution >= 4 is 23.1 Å². The summed E-state index contributed by atoms with van der Waals surface area (Å²) in [7, 11) is 0. The molecule has 22 heavy (non-hydrogen) atoms. The van der Waals surface area contributed by atoms with E-state index in [1.165, 1.54) is 36.7 Å². The van der Waals surface area contributed by atoms with Crippen molar-refractivity contribution in [2.45, 2.75) is 0 Å². The number of carbonyl (C=O) groups excluding carboxylic acids is 1. The molecule has 0 atom stereocenters. The second-order valence-electron chi connectivity index (χ2n) is 4.25. The van der Waals surface area contributed by atoms with Gasteiger partial charge in [-0.15, -0.1) is 0 Å². The third kappa shape index (κ3) is 2.57. The lowest BCUT2D eigenvalue weighted by Crippen LogP contribution is -1.97. The number of ether oxygens (including phenoxy) is 1. The molecule has 2 heterocycles. The van der Waals surface area contributed by atoms with Crippen molar-refractivity contribution in [2.24, 2.45) is 0 Å². The number of rotatable bonds is 4. The zero-order valence-electron chi connectivity index (χ0n) is 11.0. The summed E-state index contributed by atoms with van der Waals surface area (Å²) in [5.41, 5.74) is 0.938. The Bertz CT molecular complexity index is 882. The maximum absolute atomic E-state index is 11.0. The first-order valence-corrected chi connectivity index (χ1v) is 6.16. The Morgan fingerprint density at radius 2 is 1.95 bits per heavy atom. The van der Waals surface area contributed by atoms with Crippen molar-refractivity contribution in [3.05, 3.63) is 58.4 Å². The SMILES string of the molecule is O=Cc1ccc([N+](=O)[O-])c(Oc2ccc3nccnc3n2)c1. The molecule has 0 saturated heterocycles. The maximum Gasteiger partial charge on any atom is 0.311 e. The van der Waals surface area contributed by atoms with Crippen LogP contribution in [-0.4, -0.2) is 26.2 Å². The molecule has 2 aromatic heterocycles. The minimum Gasteiger partial charge on any atom is -0.432 e. The fraction of sp³-hybridized carbons (Fsp3) is 0. The summed E-state index contributed by atoms with van der Waals surface area (Å²) in [5, 5.41) is 11.0. The molecule has 3 aromatic rings. The number of benzene rings is 1. The Morgan fingerprint density at radius 3 is 2.73 bits per heavy atom. The number of nitro benzene ring substituents is 1. The summed E-state index contributed by atoms with van der Waals surface area (Å²) in [6.45, 7) is 0. The van der Waals surface area contributed by atoms with Crippen LogP contribution in [0.2, 0.25) is 0 Å². The average Bonchev–Trinajstić information content (AvgIpc) is 2.54. The van der Waals surface area contributed by atoms with Crippen LogP contribution in [0.5, 0.6) is 11.6 Å². The van der Waals surface area contributed by atoms with Crippen LogP contribution < -0.4 is 4.74 Å². The van der Waals surface area contributed by atoms with Gasteiger partial charge in [-0.1, -0.05) is 0 Å². The molecule has 8 nitrogen and oxygen atoms in total. The normalized spacial score (nSPS) is 10.4. The summed E-state index contributed by atoms with van der Waals surface area (Å²) >= 11 is 0. The Morgan fingerprint density at radius 1 is 1.14 bits per heavy atom. The topological polar surface area (TPSA) is 108 Å². The Hall–Kier alpha value is -3.42. The summed E-state index contributed by atoms with van der Waals surface area (Å²) in [6.07, 6.45) is 3.59. The van der Waals surface area contributed by atoms with Gasteiger partial charge in [-0.3, -0.25) is 19.9 Å². The van der Waals surface area contributed by atoms with E-state index in [2.05, 4.69) is 15.0 Å². The van der Waals surface area contributed by atoms with E-state index in [4.69, 9.17) is 4.74 Å². The predicted octanol–water partition coefficient (Wildman–Crippen LogP) is 2.54. The van der Waals surface area contributed by atoms with E-state index in [-0.39, 0.29) is 22.9 Å². The number of carbonyl (C=O) groups is 1. The highest BCUT2D eigenvalue weighted by atomic mass is 16.6. The van der Waals surface area contributed by atoms with Crippen molar-refractivity contribution in [1.82, 2.24) is 15.0 Å². The van der Waals surface area contributed by atoms with Gasteiger partial charge in [0, 0.05) is 30.1 Å². The minimum absolute atomic E-state index is 0.0645. The zero-order chi connectivity index (χ0) is 15.5. The van der Waals surface area contributed by atoms with Crippen LogP contribution in [0.25, 0.3) is 11.2 Å². The number of pyridine rings is 1. The van der Waals surface area contributed by atoms with Crippen molar-refractivity contribution < 1.29 is 14.5 Å². The maximum atomic E-state index is 11.0. The Labute approximate surface area is 123 Å². The third-order valence-corrected chi connectivity index (χ3v) is 2.84. The molecular weight excluding hydrogens is 288 g/mol. The monoisotopic (exact) mass is 296 g/mol. The van der Waals surface area contributed by atoms with E-state index in [0.29, 0.717) is 17.5 Å². The number of nitrogens with zero attached hydrogens (tertiary/aromatic N) is 4. The average molecular weight is 296 g/mol. The van der Waals surface area contributed by atoms with Gasteiger partial charge in [-0.2, -0.15) is 4.98 Å². The number of hydrogen-bond donors (Lipinski definition) is 0. The van der Waals surface area contributed by atoms with Crippen molar-refractivity contribution in [2.75, 3.05) is 0 Å². The van der Waals surface area contributed by atoms with E-state index >= 15 is 0 Å². The third-order valence-electron chi connectivity index (χ3n) is 2.84. The van der Waals surface area contributed by atoms with Crippen LogP contribution >= 0.6 is 0 Å². The molecule has 0 radical (unpaired) electrons. The van der Waals surface area contributed by atoms with Crippen molar-refractivity contribution in [1.29, 1.82) is 0 Å². The molecule has 0 N–H and O–H groups in total. The Kier molecular flexibility index (Phi) is 3.40. The first-order valence-electron chi connectivity index (χ1n) is 6.16. The van der Waals surface area contributed by atoms with Crippen molar-refractivity contribution in [3.8, 4) is 11.6 Å². The van der Waals surface area contributed by atoms with Crippen LogP contribution in [0.15, 0.2) is 42.7 Å². The van der Waals surface area contributed by atoms with Crippen LogP contribution in [0.1, 0.15) is 10.4 Å². The first-order chi connectivity index (χ1) is 10.7. The summed E-state index contributed by atoms with van der Waals surface area (Å²) in [5.74, 6) is 0.0597. The second-order valence-corrected chi connectivity index (χ2v) is 4.25. The quantitative estimate of drug-likeness (QED) is 0.413. The number of aromatic nitrogens is 3. The summed E-state index contributed by atoms with van der Waals surface area (Å²) in [6, 6.07) is 7.00. The highest BCUT2D eigenvalue weighted by molar-refractivity contribution is 5.77. The van der Waals surface area contributed by atoms with E-state index < -0.39 is 4.92 Å². The molecule has 0 aliphatic rings. The molecule has 0 saturated carbocycles. The van der Waals surface area contributed by atoms with Gasteiger partial charge in [0.2, 0.25) is 11.6 Å². The standard InChI is InChI=1S/C14H8N4O4/c19-8-9-1-3-11(18(20)21)12(7-9)22-13-4-2-10-14(17-13)16-6-5-15-10/h1-8H. The smallest absolute Gasteiger partial charge is 0.311 e. The molecule has 0 aliphatic heterocycles. The van der Waals surface area contributed by atoms with Gasteiger partial charge in [-0.25, -0.2) is 4.98 Å². The lowest BCUT2D eigenvalue weighted by atomic mass is 10.2. The highest BCUT2D eigenvalue weighted by Crippen LogP contribution is 2.31. The molecule has 1 aromatic carbocycles. The van der Waals surface area contributed by atoms with Gasteiger partial charge in [0.25, 0.3) is 0 Å². The van der Waals surface area contributed by atoms with Gasteiger partial charge in [0.05, 0.1) is 4.92 Å². The Balaban J connectivity index is 2.03. The molecule has 3 rings (SSSR count). The summed E-state index contributed by atoms with van der Waals surface area (Å²) < 4.78 is 5.44. The van der Waals surface area contributed by atoms with Crippen LogP contribution in [-0.2, 0) is 0 Å². The van der Waals surface area contributed by atoms with Crippen LogP contribution in [0.3, 0.4) is 0 Å². The molecule has 0 aliphatic carbocycles. The van der Waals surface area contributed by atoms with Crippen LogP contribution in [0.4, 0.5) is 5.69 Å². The van der Waals surface area contributed by atoms with E-state index in [9.17, 15) is 14.9 Å². The fourth-order valence-corrected chi connectivity index (χ4v) is 1.84. The van der Waals surface area contributed by atoms with E-state index in [0.717, 1.165) is 0 Å². The van der Waals surface area contributed by atoms with Gasteiger partial charge >= 0.3 is 5.69 Å². The minimum atomic E-state index is -0.592. The molecule has 0 unspecified atom stereocenters. The molecule has 0 spiro atoms. The molecule has 0 fully saturated rings. The lowest BCUT2D eigenvalue weighted by Gasteiger charge is -2.06. The number of fused-ring (bicyclic) bond motifs is 1. The molecular formula is C14H8N4O4.